The van der Waals surface area contributed by atoms with E-state index in [1.807, 2.05) is 60.7 Å². The second kappa shape index (κ2) is 12.5. The summed E-state index contributed by atoms with van der Waals surface area (Å²) in [5, 5.41) is 5.59. The zero-order valence-electron chi connectivity index (χ0n) is 19.1. The molecule has 2 aromatic carbocycles. The molecule has 0 atom stereocenters. The first-order valence-electron chi connectivity index (χ1n) is 10.8. The molecule has 172 valence electrons. The van der Waals surface area contributed by atoms with E-state index < -0.39 is 11.7 Å². The summed E-state index contributed by atoms with van der Waals surface area (Å²) in [5.74, 6) is -0.687. The lowest BCUT2D eigenvalue weighted by molar-refractivity contribution is -0.125. The van der Waals surface area contributed by atoms with Crippen molar-refractivity contribution >= 4 is 17.9 Å². The van der Waals surface area contributed by atoms with Crippen molar-refractivity contribution < 1.29 is 19.1 Å². The third kappa shape index (κ3) is 10.1. The number of amides is 3. The zero-order valence-corrected chi connectivity index (χ0v) is 19.1. The third-order valence-corrected chi connectivity index (χ3v) is 4.48. The smallest absolute Gasteiger partial charge is 0.411 e. The van der Waals surface area contributed by atoms with E-state index in [2.05, 4.69) is 10.6 Å². The quantitative estimate of drug-likeness (QED) is 0.596. The van der Waals surface area contributed by atoms with Gasteiger partial charge in [0.25, 0.3) is 0 Å². The van der Waals surface area contributed by atoms with E-state index in [1.54, 1.807) is 20.8 Å². The summed E-state index contributed by atoms with van der Waals surface area (Å²) >= 11 is 0. The van der Waals surface area contributed by atoms with E-state index in [4.69, 9.17) is 4.74 Å². The van der Waals surface area contributed by atoms with Crippen LogP contribution in [0, 0.1) is 0 Å². The lowest BCUT2D eigenvalue weighted by Gasteiger charge is -2.26. The SMILES string of the molecule is CC(C)(C)OC(=O)N(CC(=O)NCCc1ccccc1)CC(=O)NCCc1ccccc1. The topological polar surface area (TPSA) is 87.7 Å². The average Bonchev–Trinajstić information content (AvgIpc) is 2.73. The Morgan fingerprint density at radius 3 is 1.53 bits per heavy atom. The van der Waals surface area contributed by atoms with Crippen molar-refractivity contribution in [1.82, 2.24) is 15.5 Å². The number of carbonyl (C=O) groups is 3. The standard InChI is InChI=1S/C25H33N3O4/c1-25(2,3)32-24(31)28(18-22(29)26-16-14-20-10-6-4-7-11-20)19-23(30)27-17-15-21-12-8-5-9-13-21/h4-13H,14-19H2,1-3H3,(H,26,29)(H,27,30). The number of hydrogen-bond acceptors (Lipinski definition) is 4. The van der Waals surface area contributed by atoms with Crippen LogP contribution in [0.1, 0.15) is 31.9 Å². The maximum atomic E-state index is 12.6. The predicted octanol–water partition coefficient (Wildman–Crippen LogP) is 2.94. The van der Waals surface area contributed by atoms with Crippen LogP contribution >= 0.6 is 0 Å². The van der Waals surface area contributed by atoms with Gasteiger partial charge in [-0.2, -0.15) is 0 Å². The van der Waals surface area contributed by atoms with Crippen LogP contribution in [0.15, 0.2) is 60.7 Å². The molecule has 0 aliphatic carbocycles. The first-order valence-corrected chi connectivity index (χ1v) is 10.8. The fourth-order valence-corrected chi connectivity index (χ4v) is 2.95. The highest BCUT2D eigenvalue weighted by atomic mass is 16.6. The van der Waals surface area contributed by atoms with Crippen molar-refractivity contribution in [2.75, 3.05) is 26.2 Å². The van der Waals surface area contributed by atoms with Crippen molar-refractivity contribution in [2.24, 2.45) is 0 Å². The number of nitrogens with one attached hydrogen (secondary N) is 2. The number of benzene rings is 2. The first-order chi connectivity index (χ1) is 15.2. The Morgan fingerprint density at radius 1 is 0.750 bits per heavy atom. The number of nitrogens with zero attached hydrogens (tertiary/aromatic N) is 1. The molecule has 0 aliphatic heterocycles. The van der Waals surface area contributed by atoms with Crippen LogP contribution in [0.2, 0.25) is 0 Å². The van der Waals surface area contributed by atoms with E-state index in [0.717, 1.165) is 16.0 Å². The lowest BCUT2D eigenvalue weighted by atomic mass is 10.1. The van der Waals surface area contributed by atoms with Gasteiger partial charge >= 0.3 is 6.09 Å². The van der Waals surface area contributed by atoms with Gasteiger partial charge in [-0.05, 0) is 44.7 Å². The van der Waals surface area contributed by atoms with Crippen LogP contribution < -0.4 is 10.6 Å². The molecular weight excluding hydrogens is 406 g/mol. The van der Waals surface area contributed by atoms with Gasteiger partial charge in [-0.3, -0.25) is 14.5 Å². The van der Waals surface area contributed by atoms with Crippen LogP contribution in [-0.4, -0.2) is 54.6 Å². The maximum absolute atomic E-state index is 12.6. The molecule has 0 spiro atoms. The Kier molecular flexibility index (Phi) is 9.73. The Labute approximate surface area is 190 Å². The van der Waals surface area contributed by atoms with Crippen molar-refractivity contribution in [3.63, 3.8) is 0 Å². The molecular formula is C25H33N3O4. The molecule has 2 N–H and O–H groups in total. The molecule has 2 rings (SSSR count). The molecule has 3 amide bonds. The van der Waals surface area contributed by atoms with Gasteiger partial charge < -0.3 is 15.4 Å². The van der Waals surface area contributed by atoms with Gasteiger partial charge in [0.2, 0.25) is 11.8 Å². The minimum atomic E-state index is -0.733. The summed E-state index contributed by atoms with van der Waals surface area (Å²) in [5.41, 5.74) is 1.48. The Morgan fingerprint density at radius 2 is 1.16 bits per heavy atom. The largest absolute Gasteiger partial charge is 0.444 e. The van der Waals surface area contributed by atoms with Gasteiger partial charge in [0.05, 0.1) is 0 Å². The third-order valence-electron chi connectivity index (χ3n) is 4.48. The molecule has 0 aliphatic rings. The molecule has 0 saturated carbocycles. The number of carbonyl (C=O) groups excluding carboxylic acids is 3. The van der Waals surface area contributed by atoms with Gasteiger partial charge in [-0.1, -0.05) is 60.7 Å². The average molecular weight is 440 g/mol. The van der Waals surface area contributed by atoms with Crippen molar-refractivity contribution in [2.45, 2.75) is 39.2 Å². The van der Waals surface area contributed by atoms with E-state index in [9.17, 15) is 14.4 Å². The summed E-state index contributed by atoms with van der Waals surface area (Å²) in [6.45, 7) is 5.59. The second-order valence-corrected chi connectivity index (χ2v) is 8.51. The fraction of sp³-hybridized carbons (Fsp3) is 0.400. The molecule has 7 nitrogen and oxygen atoms in total. The molecule has 0 saturated heterocycles. The van der Waals surface area contributed by atoms with Crippen molar-refractivity contribution in [3.8, 4) is 0 Å². The highest BCUT2D eigenvalue weighted by Gasteiger charge is 2.25. The van der Waals surface area contributed by atoms with E-state index in [-0.39, 0.29) is 24.9 Å². The minimum absolute atomic E-state index is 0.254. The van der Waals surface area contributed by atoms with Crippen molar-refractivity contribution in [1.29, 1.82) is 0 Å². The minimum Gasteiger partial charge on any atom is -0.444 e. The Balaban J connectivity index is 1.85. The number of rotatable bonds is 10. The molecule has 0 unspecified atom stereocenters. The summed E-state index contributed by atoms with van der Waals surface area (Å²) in [4.78, 5) is 38.5. The molecule has 2 aromatic rings. The van der Waals surface area contributed by atoms with E-state index >= 15 is 0 Å². The van der Waals surface area contributed by atoms with E-state index in [0.29, 0.717) is 25.9 Å². The summed E-state index contributed by atoms with van der Waals surface area (Å²) in [7, 11) is 0. The molecule has 32 heavy (non-hydrogen) atoms. The number of hydrogen-bond donors (Lipinski definition) is 2. The van der Waals surface area contributed by atoms with E-state index in [1.165, 1.54) is 0 Å². The van der Waals surface area contributed by atoms with Crippen LogP contribution in [-0.2, 0) is 27.2 Å². The van der Waals surface area contributed by atoms with Crippen LogP contribution in [0.5, 0.6) is 0 Å². The molecule has 0 radical (unpaired) electrons. The predicted molar refractivity (Wildman–Crippen MR) is 124 cm³/mol. The normalized spacial score (nSPS) is 10.8. The molecule has 0 heterocycles. The van der Waals surface area contributed by atoms with Gasteiger partial charge in [0.15, 0.2) is 0 Å². The second-order valence-electron chi connectivity index (χ2n) is 8.51. The van der Waals surface area contributed by atoms with Gasteiger partial charge in [-0.15, -0.1) is 0 Å². The summed E-state index contributed by atoms with van der Waals surface area (Å²) < 4.78 is 5.38. The van der Waals surface area contributed by atoms with Crippen LogP contribution in [0.4, 0.5) is 4.79 Å². The monoisotopic (exact) mass is 439 g/mol. The highest BCUT2D eigenvalue weighted by molar-refractivity contribution is 5.86. The van der Waals surface area contributed by atoms with Crippen LogP contribution in [0.3, 0.4) is 0 Å². The van der Waals surface area contributed by atoms with Gasteiger partial charge in [0.1, 0.15) is 18.7 Å². The zero-order chi connectivity index (χ0) is 23.4. The number of ether oxygens (including phenoxy) is 1. The highest BCUT2D eigenvalue weighted by Crippen LogP contribution is 2.10. The molecule has 0 bridgehead atoms. The summed E-state index contributed by atoms with van der Waals surface area (Å²) in [6, 6.07) is 19.6. The fourth-order valence-electron chi connectivity index (χ4n) is 2.95. The van der Waals surface area contributed by atoms with Gasteiger partial charge in [0, 0.05) is 13.1 Å². The lowest BCUT2D eigenvalue weighted by Crippen LogP contribution is -2.47. The maximum Gasteiger partial charge on any atom is 0.411 e. The van der Waals surface area contributed by atoms with Gasteiger partial charge in [-0.25, -0.2) is 4.79 Å². The Hall–Kier alpha value is -3.35. The van der Waals surface area contributed by atoms with Crippen LogP contribution in [0.25, 0.3) is 0 Å². The first kappa shape index (κ1) is 24.9. The molecule has 0 fully saturated rings. The summed E-state index contributed by atoms with van der Waals surface area (Å²) in [6.07, 6.45) is 0.659. The molecule has 0 aromatic heterocycles. The van der Waals surface area contributed by atoms with Crippen molar-refractivity contribution in [3.05, 3.63) is 71.8 Å². The molecule has 7 heteroatoms. The Bertz CT molecular complexity index is 804.